The minimum absolute atomic E-state index is 0.00761. The number of sulfonamides is 1. The van der Waals surface area contributed by atoms with E-state index in [1.54, 1.807) is 12.1 Å². The Labute approximate surface area is 145 Å². The highest BCUT2D eigenvalue weighted by atomic mass is 32.2. The molecule has 1 aromatic rings. The molecule has 1 heterocycles. The van der Waals surface area contributed by atoms with Gasteiger partial charge in [0.05, 0.1) is 18.1 Å². The Hall–Kier alpha value is -1.31. The summed E-state index contributed by atoms with van der Waals surface area (Å²) in [6.07, 6.45) is 1.92. The first-order valence-corrected chi connectivity index (χ1v) is 9.98. The predicted octanol–water partition coefficient (Wildman–Crippen LogP) is 2.15. The molecular weight excluding hydrogens is 328 g/mol. The Morgan fingerprint density at radius 2 is 1.75 bits per heavy atom. The lowest BCUT2D eigenvalue weighted by Gasteiger charge is -2.34. The average molecular weight is 356 g/mol. The fourth-order valence-electron chi connectivity index (χ4n) is 2.76. The van der Waals surface area contributed by atoms with Gasteiger partial charge >= 0.3 is 0 Å². The first-order valence-electron chi connectivity index (χ1n) is 8.50. The van der Waals surface area contributed by atoms with Crippen LogP contribution in [0.3, 0.4) is 0 Å². The molecule has 0 amide bonds. The Bertz CT molecular complexity index is 640. The molecule has 1 aliphatic heterocycles. The summed E-state index contributed by atoms with van der Waals surface area (Å²) < 4.78 is 39.0. The molecule has 2 N–H and O–H groups in total. The summed E-state index contributed by atoms with van der Waals surface area (Å²) in [5.74, 6) is 1.01. The summed E-state index contributed by atoms with van der Waals surface area (Å²) in [5.41, 5.74) is -0.00761. The Morgan fingerprint density at radius 1 is 1.12 bits per heavy atom. The minimum Gasteiger partial charge on any atom is -0.490 e. The van der Waals surface area contributed by atoms with E-state index in [2.05, 4.69) is 17.0 Å². The SMILES string of the molecule is CCOc1ccc(S(=O)(=O)NCC2(C)CCNCC2)cc1OCC. The quantitative estimate of drug-likeness (QED) is 0.746. The molecule has 24 heavy (non-hydrogen) atoms. The van der Waals surface area contributed by atoms with Crippen LogP contribution in [0.25, 0.3) is 0 Å². The average Bonchev–Trinajstić information content (AvgIpc) is 2.56. The molecule has 1 saturated heterocycles. The third kappa shape index (κ3) is 4.84. The summed E-state index contributed by atoms with van der Waals surface area (Å²) in [5, 5.41) is 3.30. The second-order valence-corrected chi connectivity index (χ2v) is 8.13. The van der Waals surface area contributed by atoms with Gasteiger partial charge in [0.1, 0.15) is 0 Å². The van der Waals surface area contributed by atoms with Gasteiger partial charge in [-0.05, 0) is 57.3 Å². The van der Waals surface area contributed by atoms with Crippen LogP contribution in [0, 0.1) is 5.41 Å². The summed E-state index contributed by atoms with van der Waals surface area (Å²) >= 11 is 0. The van der Waals surface area contributed by atoms with Crippen LogP contribution in [0.4, 0.5) is 0 Å². The van der Waals surface area contributed by atoms with E-state index in [-0.39, 0.29) is 10.3 Å². The van der Waals surface area contributed by atoms with Crippen LogP contribution in [0.1, 0.15) is 33.6 Å². The smallest absolute Gasteiger partial charge is 0.240 e. The number of benzene rings is 1. The van der Waals surface area contributed by atoms with E-state index in [0.29, 0.717) is 31.3 Å². The van der Waals surface area contributed by atoms with Crippen molar-refractivity contribution in [1.29, 1.82) is 0 Å². The van der Waals surface area contributed by atoms with Gasteiger partial charge in [0.2, 0.25) is 10.0 Å². The van der Waals surface area contributed by atoms with Crippen molar-refractivity contribution in [1.82, 2.24) is 10.0 Å². The number of hydrogen-bond donors (Lipinski definition) is 2. The van der Waals surface area contributed by atoms with Crippen LogP contribution in [0.2, 0.25) is 0 Å². The van der Waals surface area contributed by atoms with Crippen LogP contribution >= 0.6 is 0 Å². The van der Waals surface area contributed by atoms with Gasteiger partial charge in [-0.25, -0.2) is 13.1 Å². The Kier molecular flexibility index (Phi) is 6.48. The molecule has 0 aliphatic carbocycles. The van der Waals surface area contributed by atoms with E-state index in [1.165, 1.54) is 6.07 Å². The van der Waals surface area contributed by atoms with Gasteiger partial charge in [0.15, 0.2) is 11.5 Å². The number of ether oxygens (including phenoxy) is 2. The zero-order chi connectivity index (χ0) is 17.6. The van der Waals surface area contributed by atoms with Crippen LogP contribution in [0.5, 0.6) is 11.5 Å². The summed E-state index contributed by atoms with van der Waals surface area (Å²) in [6, 6.07) is 4.73. The van der Waals surface area contributed by atoms with Crippen LogP contribution in [-0.4, -0.2) is 41.3 Å². The monoisotopic (exact) mass is 356 g/mol. The van der Waals surface area contributed by atoms with E-state index < -0.39 is 10.0 Å². The van der Waals surface area contributed by atoms with Gasteiger partial charge in [0.25, 0.3) is 0 Å². The predicted molar refractivity (Wildman–Crippen MR) is 94.2 cm³/mol. The highest BCUT2D eigenvalue weighted by Gasteiger charge is 2.29. The van der Waals surface area contributed by atoms with Gasteiger partial charge in [-0.15, -0.1) is 0 Å². The van der Waals surface area contributed by atoms with Crippen molar-refractivity contribution in [2.75, 3.05) is 32.8 Å². The summed E-state index contributed by atoms with van der Waals surface area (Å²) in [6.45, 7) is 9.09. The molecule has 0 radical (unpaired) electrons. The van der Waals surface area contributed by atoms with Gasteiger partial charge < -0.3 is 14.8 Å². The highest BCUT2D eigenvalue weighted by Crippen LogP contribution is 2.31. The molecule has 0 atom stereocenters. The van der Waals surface area contributed by atoms with Crippen molar-refractivity contribution in [3.8, 4) is 11.5 Å². The van der Waals surface area contributed by atoms with Crippen molar-refractivity contribution in [2.45, 2.75) is 38.5 Å². The topological polar surface area (TPSA) is 76.7 Å². The molecular formula is C17H28N2O4S. The minimum atomic E-state index is -3.58. The second kappa shape index (κ2) is 8.18. The third-order valence-corrected chi connectivity index (χ3v) is 5.72. The lowest BCUT2D eigenvalue weighted by atomic mass is 9.81. The van der Waals surface area contributed by atoms with E-state index in [9.17, 15) is 8.42 Å². The fourth-order valence-corrected chi connectivity index (χ4v) is 3.97. The molecule has 0 saturated carbocycles. The van der Waals surface area contributed by atoms with E-state index in [1.807, 2.05) is 13.8 Å². The van der Waals surface area contributed by atoms with Crippen molar-refractivity contribution >= 4 is 10.0 Å². The van der Waals surface area contributed by atoms with Gasteiger partial charge in [-0.2, -0.15) is 0 Å². The molecule has 0 unspecified atom stereocenters. The Morgan fingerprint density at radius 3 is 2.38 bits per heavy atom. The standard InChI is InChI=1S/C17H28N2O4S/c1-4-22-15-7-6-14(12-16(15)23-5-2)24(20,21)19-13-17(3)8-10-18-11-9-17/h6-7,12,18-19H,4-5,8-11,13H2,1-3H3. The zero-order valence-corrected chi connectivity index (χ0v) is 15.5. The molecule has 0 spiro atoms. The number of nitrogens with one attached hydrogen (secondary N) is 2. The van der Waals surface area contributed by atoms with E-state index >= 15 is 0 Å². The first kappa shape index (κ1) is 19.0. The van der Waals surface area contributed by atoms with Crippen LogP contribution < -0.4 is 19.5 Å². The normalized spacial score (nSPS) is 17.5. The summed E-state index contributed by atoms with van der Waals surface area (Å²) in [4.78, 5) is 0.201. The van der Waals surface area contributed by atoms with E-state index in [4.69, 9.17) is 9.47 Å². The third-order valence-electron chi connectivity index (χ3n) is 4.32. The number of hydrogen-bond acceptors (Lipinski definition) is 5. The zero-order valence-electron chi connectivity index (χ0n) is 14.7. The first-order chi connectivity index (χ1) is 11.4. The van der Waals surface area contributed by atoms with Crippen molar-refractivity contribution in [3.63, 3.8) is 0 Å². The molecule has 136 valence electrons. The van der Waals surface area contributed by atoms with Crippen molar-refractivity contribution in [2.24, 2.45) is 5.41 Å². The molecule has 1 aromatic carbocycles. The van der Waals surface area contributed by atoms with Gasteiger partial charge in [-0.3, -0.25) is 0 Å². The lowest BCUT2D eigenvalue weighted by Crippen LogP contribution is -2.42. The van der Waals surface area contributed by atoms with Crippen LogP contribution in [0.15, 0.2) is 23.1 Å². The number of piperidine rings is 1. The molecule has 0 aromatic heterocycles. The number of rotatable bonds is 8. The van der Waals surface area contributed by atoms with Crippen molar-refractivity contribution < 1.29 is 17.9 Å². The Balaban J connectivity index is 2.14. The molecule has 1 aliphatic rings. The van der Waals surface area contributed by atoms with Crippen molar-refractivity contribution in [3.05, 3.63) is 18.2 Å². The molecule has 0 bridgehead atoms. The highest BCUT2D eigenvalue weighted by molar-refractivity contribution is 7.89. The maximum absolute atomic E-state index is 12.6. The molecule has 2 rings (SSSR count). The molecule has 7 heteroatoms. The maximum Gasteiger partial charge on any atom is 0.240 e. The maximum atomic E-state index is 12.6. The lowest BCUT2D eigenvalue weighted by molar-refractivity contribution is 0.232. The largest absolute Gasteiger partial charge is 0.490 e. The van der Waals surface area contributed by atoms with Crippen LogP contribution in [-0.2, 0) is 10.0 Å². The van der Waals surface area contributed by atoms with Gasteiger partial charge in [0, 0.05) is 12.6 Å². The summed E-state index contributed by atoms with van der Waals surface area (Å²) in [7, 11) is -3.58. The molecule has 6 nitrogen and oxygen atoms in total. The fraction of sp³-hybridized carbons (Fsp3) is 0.647. The van der Waals surface area contributed by atoms with Gasteiger partial charge in [-0.1, -0.05) is 6.92 Å². The second-order valence-electron chi connectivity index (χ2n) is 6.36. The van der Waals surface area contributed by atoms with E-state index in [0.717, 1.165) is 25.9 Å². The molecule has 1 fully saturated rings.